The van der Waals surface area contributed by atoms with Crippen molar-refractivity contribution in [2.24, 2.45) is 0 Å². The van der Waals surface area contributed by atoms with E-state index in [4.69, 9.17) is 4.74 Å². The number of carbonyl (C=O) groups excluding carboxylic acids is 2. The van der Waals surface area contributed by atoms with Gasteiger partial charge in [0.1, 0.15) is 5.75 Å². The number of rotatable bonds is 7. The highest BCUT2D eigenvalue weighted by Gasteiger charge is 2.15. The van der Waals surface area contributed by atoms with Crippen molar-refractivity contribution in [2.75, 3.05) is 17.7 Å². The van der Waals surface area contributed by atoms with Crippen molar-refractivity contribution in [2.45, 2.75) is 24.0 Å². The van der Waals surface area contributed by atoms with E-state index in [1.54, 1.807) is 25.3 Å². The van der Waals surface area contributed by atoms with E-state index in [9.17, 15) is 9.59 Å². The molecule has 5 nitrogen and oxygen atoms in total. The SMILES string of the molecule is COc1cccc(NC(=O)C(C)Sc2cccc(NC(=O)c3ccc(C)cc3)c2)c1. The van der Waals surface area contributed by atoms with Crippen molar-refractivity contribution in [3.63, 3.8) is 0 Å². The lowest BCUT2D eigenvalue weighted by Crippen LogP contribution is -2.22. The van der Waals surface area contributed by atoms with Gasteiger partial charge in [-0.2, -0.15) is 0 Å². The van der Waals surface area contributed by atoms with Gasteiger partial charge < -0.3 is 15.4 Å². The van der Waals surface area contributed by atoms with E-state index in [-0.39, 0.29) is 17.1 Å². The van der Waals surface area contributed by atoms with Crippen LogP contribution < -0.4 is 15.4 Å². The molecule has 2 amide bonds. The summed E-state index contributed by atoms with van der Waals surface area (Å²) in [4.78, 5) is 25.9. The molecule has 3 aromatic carbocycles. The predicted molar refractivity (Wildman–Crippen MR) is 123 cm³/mol. The smallest absolute Gasteiger partial charge is 0.255 e. The molecule has 0 fully saturated rings. The van der Waals surface area contributed by atoms with Crippen molar-refractivity contribution in [1.29, 1.82) is 0 Å². The summed E-state index contributed by atoms with van der Waals surface area (Å²) in [5.41, 5.74) is 3.08. The molecular formula is C24H24N2O3S. The van der Waals surface area contributed by atoms with Crippen LogP contribution in [0.15, 0.2) is 77.7 Å². The first-order valence-electron chi connectivity index (χ1n) is 9.54. The van der Waals surface area contributed by atoms with E-state index in [0.29, 0.717) is 22.7 Å². The largest absolute Gasteiger partial charge is 0.497 e. The van der Waals surface area contributed by atoms with E-state index in [0.717, 1.165) is 10.5 Å². The number of aryl methyl sites for hydroxylation is 1. The lowest BCUT2D eigenvalue weighted by molar-refractivity contribution is -0.115. The summed E-state index contributed by atoms with van der Waals surface area (Å²) in [5, 5.41) is 5.49. The van der Waals surface area contributed by atoms with Gasteiger partial charge in [0.15, 0.2) is 0 Å². The normalized spacial score (nSPS) is 11.4. The van der Waals surface area contributed by atoms with Crippen LogP contribution in [0.4, 0.5) is 11.4 Å². The Morgan fingerprint density at radius 3 is 2.27 bits per heavy atom. The van der Waals surface area contributed by atoms with Crippen LogP contribution in [-0.4, -0.2) is 24.2 Å². The van der Waals surface area contributed by atoms with Crippen LogP contribution in [0.1, 0.15) is 22.8 Å². The number of amides is 2. The van der Waals surface area contributed by atoms with Crippen molar-refractivity contribution < 1.29 is 14.3 Å². The lowest BCUT2D eigenvalue weighted by Gasteiger charge is -2.13. The molecule has 154 valence electrons. The van der Waals surface area contributed by atoms with Gasteiger partial charge in [-0.1, -0.05) is 29.8 Å². The van der Waals surface area contributed by atoms with Gasteiger partial charge in [-0.25, -0.2) is 0 Å². The molecule has 0 aliphatic carbocycles. The summed E-state index contributed by atoms with van der Waals surface area (Å²) in [6.07, 6.45) is 0. The zero-order valence-corrected chi connectivity index (χ0v) is 18.0. The second kappa shape index (κ2) is 9.98. The van der Waals surface area contributed by atoms with Crippen LogP contribution in [0.25, 0.3) is 0 Å². The second-order valence-corrected chi connectivity index (χ2v) is 8.24. The Balaban J connectivity index is 1.61. The molecule has 0 saturated carbocycles. The van der Waals surface area contributed by atoms with Gasteiger partial charge in [0, 0.05) is 27.9 Å². The van der Waals surface area contributed by atoms with Gasteiger partial charge in [-0.05, 0) is 56.3 Å². The number of thioether (sulfide) groups is 1. The molecule has 0 aromatic heterocycles. The molecule has 2 N–H and O–H groups in total. The van der Waals surface area contributed by atoms with Gasteiger partial charge in [-0.3, -0.25) is 9.59 Å². The Kier molecular flexibility index (Phi) is 7.14. The number of methoxy groups -OCH3 is 1. The van der Waals surface area contributed by atoms with Gasteiger partial charge >= 0.3 is 0 Å². The van der Waals surface area contributed by atoms with E-state index >= 15 is 0 Å². The quantitative estimate of drug-likeness (QED) is 0.504. The topological polar surface area (TPSA) is 67.4 Å². The van der Waals surface area contributed by atoms with E-state index in [2.05, 4.69) is 10.6 Å². The third-order valence-corrected chi connectivity index (χ3v) is 5.52. The highest BCUT2D eigenvalue weighted by Crippen LogP contribution is 2.27. The average molecular weight is 421 g/mol. The van der Waals surface area contributed by atoms with Crippen LogP contribution in [0.2, 0.25) is 0 Å². The maximum absolute atomic E-state index is 12.5. The number of ether oxygens (including phenoxy) is 1. The van der Waals surface area contributed by atoms with Gasteiger partial charge in [-0.15, -0.1) is 11.8 Å². The molecule has 1 unspecified atom stereocenters. The maximum atomic E-state index is 12.5. The Bertz CT molecular complexity index is 1030. The highest BCUT2D eigenvalue weighted by atomic mass is 32.2. The summed E-state index contributed by atoms with van der Waals surface area (Å²) in [5.74, 6) is 0.411. The molecule has 0 bridgehead atoms. The van der Waals surface area contributed by atoms with Crippen LogP contribution in [0.3, 0.4) is 0 Å². The molecule has 30 heavy (non-hydrogen) atoms. The first-order chi connectivity index (χ1) is 14.4. The molecule has 0 spiro atoms. The molecular weight excluding hydrogens is 396 g/mol. The standard InChI is InChI=1S/C24H24N2O3S/c1-16-10-12-18(13-11-16)24(28)26-20-7-5-9-22(15-20)30-17(2)23(27)25-19-6-4-8-21(14-19)29-3/h4-15,17H,1-3H3,(H,25,27)(H,26,28). The minimum absolute atomic E-state index is 0.109. The molecule has 3 rings (SSSR count). The number of hydrogen-bond donors (Lipinski definition) is 2. The molecule has 0 aliphatic heterocycles. The van der Waals surface area contributed by atoms with Gasteiger partial charge in [0.25, 0.3) is 5.91 Å². The first kappa shape index (κ1) is 21.5. The number of hydrogen-bond acceptors (Lipinski definition) is 4. The Morgan fingerprint density at radius 2 is 1.57 bits per heavy atom. The maximum Gasteiger partial charge on any atom is 0.255 e. The molecule has 0 aliphatic rings. The zero-order valence-electron chi connectivity index (χ0n) is 17.1. The Labute approximate surface area is 180 Å². The first-order valence-corrected chi connectivity index (χ1v) is 10.4. The fourth-order valence-electron chi connectivity index (χ4n) is 2.76. The average Bonchev–Trinajstić information content (AvgIpc) is 2.74. The van der Waals surface area contributed by atoms with Crippen molar-refractivity contribution in [3.05, 3.63) is 83.9 Å². The van der Waals surface area contributed by atoms with E-state index in [1.165, 1.54) is 11.8 Å². The van der Waals surface area contributed by atoms with Crippen molar-refractivity contribution in [3.8, 4) is 5.75 Å². The van der Waals surface area contributed by atoms with Crippen LogP contribution in [0, 0.1) is 6.92 Å². The summed E-state index contributed by atoms with van der Waals surface area (Å²) in [6, 6.07) is 22.1. The summed E-state index contributed by atoms with van der Waals surface area (Å²) < 4.78 is 5.18. The predicted octanol–water partition coefficient (Wildman–Crippen LogP) is 5.38. The minimum Gasteiger partial charge on any atom is -0.497 e. The van der Waals surface area contributed by atoms with Crippen LogP contribution in [0.5, 0.6) is 5.75 Å². The molecule has 1 atom stereocenters. The third kappa shape index (κ3) is 5.87. The molecule has 0 radical (unpaired) electrons. The lowest BCUT2D eigenvalue weighted by atomic mass is 10.1. The highest BCUT2D eigenvalue weighted by molar-refractivity contribution is 8.00. The van der Waals surface area contributed by atoms with E-state index in [1.807, 2.05) is 68.4 Å². The fourth-order valence-corrected chi connectivity index (χ4v) is 3.68. The minimum atomic E-state index is -0.320. The zero-order chi connectivity index (χ0) is 21.5. The Hall–Kier alpha value is -3.25. The third-order valence-electron chi connectivity index (χ3n) is 4.43. The second-order valence-electron chi connectivity index (χ2n) is 6.83. The Morgan fingerprint density at radius 1 is 0.900 bits per heavy atom. The van der Waals surface area contributed by atoms with Gasteiger partial charge in [0.2, 0.25) is 5.91 Å². The fraction of sp³-hybridized carbons (Fsp3) is 0.167. The number of anilines is 2. The summed E-state index contributed by atoms with van der Waals surface area (Å²) in [6.45, 7) is 3.83. The van der Waals surface area contributed by atoms with Crippen molar-refractivity contribution in [1.82, 2.24) is 0 Å². The molecule has 6 heteroatoms. The van der Waals surface area contributed by atoms with Crippen molar-refractivity contribution >= 4 is 35.0 Å². The monoisotopic (exact) mass is 420 g/mol. The summed E-state index contributed by atoms with van der Waals surface area (Å²) in [7, 11) is 1.59. The number of carbonyl (C=O) groups is 2. The molecule has 3 aromatic rings. The van der Waals surface area contributed by atoms with E-state index < -0.39 is 0 Å². The van der Waals surface area contributed by atoms with Crippen LogP contribution in [-0.2, 0) is 4.79 Å². The summed E-state index contributed by atoms with van der Waals surface area (Å²) >= 11 is 1.43. The number of benzene rings is 3. The number of nitrogens with one attached hydrogen (secondary N) is 2. The van der Waals surface area contributed by atoms with Crippen LogP contribution >= 0.6 is 11.8 Å². The van der Waals surface area contributed by atoms with Gasteiger partial charge in [0.05, 0.1) is 12.4 Å². The molecule has 0 heterocycles. The molecule has 0 saturated heterocycles.